The van der Waals surface area contributed by atoms with Gasteiger partial charge in [0, 0.05) is 76.4 Å². The number of halogens is 2. The molecule has 0 saturated heterocycles. The zero-order valence-corrected chi connectivity index (χ0v) is 37.0. The normalized spacial score (nSPS) is 10.7. The van der Waals surface area contributed by atoms with Gasteiger partial charge in [-0.05, 0) is 111 Å². The molecule has 0 spiro atoms. The van der Waals surface area contributed by atoms with Crippen LogP contribution in [-0.4, -0.2) is 29.9 Å². The van der Waals surface area contributed by atoms with E-state index >= 15 is 0 Å². The molecule has 0 aliphatic carbocycles. The fourth-order valence-electron chi connectivity index (χ4n) is 6.59. The molecule has 18 heteroatoms. The molecule has 9 rings (SSSR count). The van der Waals surface area contributed by atoms with E-state index in [-0.39, 0.29) is 17.1 Å². The maximum Gasteiger partial charge on any atom is 2.00 e. The molecule has 0 radical (unpaired) electrons. The van der Waals surface area contributed by atoms with Crippen LogP contribution in [0.4, 0.5) is 0 Å². The van der Waals surface area contributed by atoms with Crippen molar-refractivity contribution in [2.75, 3.05) is 0 Å². The second-order valence-electron chi connectivity index (χ2n) is 13.1. The van der Waals surface area contributed by atoms with Crippen molar-refractivity contribution in [2.45, 2.75) is 48.5 Å². The molecule has 0 bridgehead atoms. The third-order valence-electron chi connectivity index (χ3n) is 9.63. The molecule has 320 valence electrons. The van der Waals surface area contributed by atoms with Crippen molar-refractivity contribution in [3.63, 3.8) is 0 Å². The summed E-state index contributed by atoms with van der Waals surface area (Å²) in [7, 11) is -9.89. The Morgan fingerprint density at radius 1 is 0.355 bits per heavy atom. The van der Waals surface area contributed by atoms with Crippen LogP contribution in [0.2, 0.25) is 0 Å². The summed E-state index contributed by atoms with van der Waals surface area (Å²) in [5.74, 6) is 0. The van der Waals surface area contributed by atoms with E-state index in [0.29, 0.717) is 0 Å². The standard InChI is InChI=1S/3C14H12N2.C2H3N.2ClHO4.Fe/c3*1-9-10(2)12-6-4-8-16-14(12)13-11(9)5-3-7-15-13;1-2-3;2*2-1(3,4)5;/h3*3-8H,1-2H3;1H3;2*(H,2,3,4,5);/q;;;;;;+2/p-2. The number of aryl methyl sites for hydroxylation is 6. The fourth-order valence-corrected chi connectivity index (χ4v) is 6.59. The molecule has 15 nitrogen and oxygen atoms in total. The molecule has 3 aromatic carbocycles. The molecular weight excluding hydrogens is 881 g/mol. The van der Waals surface area contributed by atoms with E-state index in [1.807, 2.05) is 73.6 Å². The summed E-state index contributed by atoms with van der Waals surface area (Å²) in [6.45, 7) is 14.3. The summed E-state index contributed by atoms with van der Waals surface area (Å²) in [4.78, 5) is 26.7. The second kappa shape index (κ2) is 22.5. The average Bonchev–Trinajstić information content (AvgIpc) is 3.23. The van der Waals surface area contributed by atoms with Crippen molar-refractivity contribution in [3.8, 4) is 6.07 Å². The smallest absolute Gasteiger partial charge is 0.254 e. The van der Waals surface area contributed by atoms with Gasteiger partial charge in [-0.15, -0.1) is 20.5 Å². The van der Waals surface area contributed by atoms with E-state index in [9.17, 15) is 0 Å². The molecule has 0 aliphatic heterocycles. The van der Waals surface area contributed by atoms with E-state index in [0.717, 1.165) is 33.1 Å². The number of rotatable bonds is 0. The number of aromatic nitrogens is 6. The third kappa shape index (κ3) is 13.2. The first-order valence-electron chi connectivity index (χ1n) is 18.1. The molecule has 62 heavy (non-hydrogen) atoms. The Bertz CT molecular complexity index is 2500. The van der Waals surface area contributed by atoms with Gasteiger partial charge < -0.3 is 0 Å². The van der Waals surface area contributed by atoms with Crippen LogP contribution in [0.1, 0.15) is 40.3 Å². The molecule has 0 N–H and O–H groups in total. The van der Waals surface area contributed by atoms with E-state index in [4.69, 9.17) is 42.5 Å². The quantitative estimate of drug-likeness (QED) is 0.153. The van der Waals surface area contributed by atoms with Gasteiger partial charge in [-0.2, -0.15) is 5.26 Å². The number of nitrogens with zero attached hydrogens (tertiary/aromatic N) is 7. The van der Waals surface area contributed by atoms with Gasteiger partial charge in [-0.3, -0.25) is 29.9 Å². The first kappa shape index (κ1) is 50.7. The van der Waals surface area contributed by atoms with Gasteiger partial charge in [-0.25, -0.2) is 37.3 Å². The molecule has 0 atom stereocenters. The van der Waals surface area contributed by atoms with Crippen LogP contribution < -0.4 is 37.3 Å². The van der Waals surface area contributed by atoms with Crippen LogP contribution in [-0.2, 0) is 17.1 Å². The Kier molecular flexibility index (Phi) is 18.4. The molecule has 0 saturated carbocycles. The first-order valence-corrected chi connectivity index (χ1v) is 20.5. The molecular formula is C44H39Cl2FeN7O8. The zero-order chi connectivity index (χ0) is 45.1. The van der Waals surface area contributed by atoms with Crippen molar-refractivity contribution in [3.05, 3.63) is 143 Å². The van der Waals surface area contributed by atoms with Crippen LogP contribution in [0.15, 0.2) is 110 Å². The summed E-state index contributed by atoms with van der Waals surface area (Å²) in [5, 5.41) is 14.5. The number of benzene rings is 3. The zero-order valence-electron chi connectivity index (χ0n) is 34.4. The minimum absolute atomic E-state index is 0. The van der Waals surface area contributed by atoms with Crippen molar-refractivity contribution in [1.82, 2.24) is 29.9 Å². The largest absolute Gasteiger partial charge is 2.00 e. The maximum absolute atomic E-state index is 8.49. The average molecular weight is 921 g/mol. The van der Waals surface area contributed by atoms with E-state index in [2.05, 4.69) is 108 Å². The van der Waals surface area contributed by atoms with Crippen LogP contribution in [0, 0.1) is 73.4 Å². The molecule has 6 heterocycles. The summed E-state index contributed by atoms with van der Waals surface area (Å²) < 4.78 is 67.9. The molecule has 0 amide bonds. The van der Waals surface area contributed by atoms with Gasteiger partial charge in [0.2, 0.25) is 0 Å². The summed E-state index contributed by atoms with van der Waals surface area (Å²) >= 11 is 0. The van der Waals surface area contributed by atoms with Gasteiger partial charge in [-0.1, -0.05) is 36.4 Å². The molecule has 9 aromatic rings. The van der Waals surface area contributed by atoms with Crippen LogP contribution in [0.3, 0.4) is 0 Å². The molecule has 6 aromatic heterocycles. The van der Waals surface area contributed by atoms with Gasteiger partial charge in [0.1, 0.15) is 0 Å². The molecule has 0 unspecified atom stereocenters. The monoisotopic (exact) mass is 919 g/mol. The number of nitriles is 1. The van der Waals surface area contributed by atoms with E-state index in [1.54, 1.807) is 6.07 Å². The summed E-state index contributed by atoms with van der Waals surface area (Å²) in [6.07, 6.45) is 10.9. The predicted molar refractivity (Wildman–Crippen MR) is 211 cm³/mol. The van der Waals surface area contributed by atoms with Gasteiger partial charge in [0.15, 0.2) is 0 Å². The first-order chi connectivity index (χ1) is 28.8. The number of fused-ring (bicyclic) bond motifs is 9. The minimum Gasteiger partial charge on any atom is -0.254 e. The summed E-state index contributed by atoms with van der Waals surface area (Å²) in [6, 6.07) is 26.3. The fraction of sp³-hybridized carbons (Fsp3) is 0.159. The van der Waals surface area contributed by atoms with E-state index in [1.165, 1.54) is 72.6 Å². The van der Waals surface area contributed by atoms with Crippen molar-refractivity contribution in [2.24, 2.45) is 0 Å². The third-order valence-corrected chi connectivity index (χ3v) is 9.63. The number of hydrogen-bond acceptors (Lipinski definition) is 15. The van der Waals surface area contributed by atoms with Crippen molar-refractivity contribution < 1.29 is 74.8 Å². The number of hydrogen-bond donors (Lipinski definition) is 0. The van der Waals surface area contributed by atoms with Crippen LogP contribution >= 0.6 is 0 Å². The predicted octanol–water partition coefficient (Wildman–Crippen LogP) is 1.21. The second-order valence-corrected chi connectivity index (χ2v) is 14.6. The Morgan fingerprint density at radius 2 is 0.468 bits per heavy atom. The van der Waals surface area contributed by atoms with Crippen LogP contribution in [0.5, 0.6) is 0 Å². The molecule has 0 fully saturated rings. The Labute approximate surface area is 371 Å². The van der Waals surface area contributed by atoms with Gasteiger partial charge >= 0.3 is 17.1 Å². The van der Waals surface area contributed by atoms with Gasteiger partial charge in [0.05, 0.1) is 39.2 Å². The number of pyridine rings is 6. The van der Waals surface area contributed by atoms with Crippen LogP contribution in [0.25, 0.3) is 65.4 Å². The maximum atomic E-state index is 8.49. The Morgan fingerprint density at radius 3 is 0.581 bits per heavy atom. The van der Waals surface area contributed by atoms with E-state index < -0.39 is 20.5 Å². The van der Waals surface area contributed by atoms with Crippen molar-refractivity contribution in [1.29, 1.82) is 5.26 Å². The Hall–Kier alpha value is -5.61. The Balaban J connectivity index is 0.000000216. The SMILES string of the molecule is CC#N.Cc1c(C)c2cccnc2c2ncccc12.Cc1c(C)c2cccnc2c2ncccc12.Cc1c(C)c2cccnc2c2ncccc12.[Fe+2].[O-][Cl+3]([O-])([O-])[O-].[O-][Cl+3]([O-])([O-])[O-]. The topological polar surface area (TPSA) is 286 Å². The minimum atomic E-state index is -4.94. The van der Waals surface area contributed by atoms with Gasteiger partial charge in [0.25, 0.3) is 0 Å². The molecule has 0 aliphatic rings. The van der Waals surface area contributed by atoms with Crippen molar-refractivity contribution >= 4 is 65.4 Å². The summed E-state index contributed by atoms with van der Waals surface area (Å²) in [5.41, 5.74) is 13.8.